The van der Waals surface area contributed by atoms with Crippen molar-refractivity contribution in [2.24, 2.45) is 11.8 Å². The van der Waals surface area contributed by atoms with Crippen molar-refractivity contribution in [3.63, 3.8) is 0 Å². The maximum absolute atomic E-state index is 6.20. The second-order valence-corrected chi connectivity index (χ2v) is 9.68. The summed E-state index contributed by atoms with van der Waals surface area (Å²) < 4.78 is 12.4. The number of ether oxygens (including phenoxy) is 2. The zero-order valence-corrected chi connectivity index (χ0v) is 18.8. The van der Waals surface area contributed by atoms with Crippen LogP contribution < -0.4 is 0 Å². The summed E-state index contributed by atoms with van der Waals surface area (Å²) in [5, 5.41) is 0. The number of benzene rings is 1. The molecule has 0 unspecified atom stereocenters. The van der Waals surface area contributed by atoms with Crippen LogP contribution in [0.1, 0.15) is 44.4 Å². The van der Waals surface area contributed by atoms with Crippen LogP contribution in [0.5, 0.6) is 0 Å². The monoisotopic (exact) mass is 427 g/mol. The van der Waals surface area contributed by atoms with Gasteiger partial charge in [-0.05, 0) is 37.3 Å². The topological polar surface area (TPSA) is 57.1 Å². The predicted molar refractivity (Wildman–Crippen MR) is 123 cm³/mol. The van der Waals surface area contributed by atoms with Gasteiger partial charge in [0.05, 0.1) is 24.6 Å². The van der Waals surface area contributed by atoms with Crippen molar-refractivity contribution in [2.75, 3.05) is 13.2 Å². The number of fused-ring (bicyclic) bond motifs is 3. The van der Waals surface area contributed by atoms with Gasteiger partial charge in [-0.25, -0.2) is 9.97 Å². The minimum Gasteiger partial charge on any atom is -0.347 e. The maximum atomic E-state index is 6.20. The first kappa shape index (κ1) is 20.0. The third-order valence-electron chi connectivity index (χ3n) is 8.12. The molecule has 0 radical (unpaired) electrons. The van der Waals surface area contributed by atoms with Crippen molar-refractivity contribution in [3.8, 4) is 22.6 Å². The molecule has 0 amide bonds. The van der Waals surface area contributed by atoms with Gasteiger partial charge in [-0.3, -0.25) is 4.98 Å². The van der Waals surface area contributed by atoms with Crippen molar-refractivity contribution < 1.29 is 9.47 Å². The lowest BCUT2D eigenvalue weighted by molar-refractivity contribution is -0.234. The Hall–Kier alpha value is -2.63. The van der Waals surface area contributed by atoms with Crippen LogP contribution in [0.25, 0.3) is 22.6 Å². The molecule has 2 fully saturated rings. The lowest BCUT2D eigenvalue weighted by Gasteiger charge is -2.54. The summed E-state index contributed by atoms with van der Waals surface area (Å²) >= 11 is 0. The van der Waals surface area contributed by atoms with Crippen LogP contribution in [0.15, 0.2) is 54.9 Å². The molecule has 5 nitrogen and oxygen atoms in total. The summed E-state index contributed by atoms with van der Waals surface area (Å²) in [4.78, 5) is 14.5. The highest BCUT2D eigenvalue weighted by Crippen LogP contribution is 2.57. The van der Waals surface area contributed by atoms with Crippen molar-refractivity contribution >= 4 is 0 Å². The van der Waals surface area contributed by atoms with Crippen LogP contribution >= 0.6 is 0 Å². The highest BCUT2D eigenvalue weighted by molar-refractivity contribution is 5.69. The van der Waals surface area contributed by atoms with Gasteiger partial charge in [0.1, 0.15) is 0 Å². The lowest BCUT2D eigenvalue weighted by atomic mass is 9.54. The number of pyridine rings is 1. The smallest absolute Gasteiger partial charge is 0.171 e. The molecular formula is C27H29N3O2. The summed E-state index contributed by atoms with van der Waals surface area (Å²) in [6, 6.07) is 14.5. The van der Waals surface area contributed by atoms with Crippen molar-refractivity contribution in [2.45, 2.75) is 50.7 Å². The first-order chi connectivity index (χ1) is 15.6. The summed E-state index contributed by atoms with van der Waals surface area (Å²) in [5.41, 5.74) is 5.74. The number of hydrogen-bond donors (Lipinski definition) is 0. The Bertz CT molecular complexity index is 1130. The van der Waals surface area contributed by atoms with E-state index in [2.05, 4.69) is 49.2 Å². The Morgan fingerprint density at radius 3 is 2.41 bits per heavy atom. The summed E-state index contributed by atoms with van der Waals surface area (Å²) in [7, 11) is 0. The van der Waals surface area contributed by atoms with E-state index < -0.39 is 5.79 Å². The molecule has 1 aromatic carbocycles. The average molecular weight is 428 g/mol. The molecule has 1 saturated heterocycles. The SMILES string of the molecule is C[C@@H]1[C@H]2CCc3c(-c4ccccc4)nc(-c4ccncc4)nc3[C@]2(C)CCC12OCCO2. The Balaban J connectivity index is 1.53. The second-order valence-electron chi connectivity index (χ2n) is 9.68. The van der Waals surface area contributed by atoms with Gasteiger partial charge in [-0.2, -0.15) is 0 Å². The van der Waals surface area contributed by atoms with Crippen molar-refractivity contribution in [1.82, 2.24) is 15.0 Å². The Kier molecular flexibility index (Phi) is 4.67. The molecule has 2 aromatic heterocycles. The Morgan fingerprint density at radius 1 is 0.906 bits per heavy atom. The van der Waals surface area contributed by atoms with Crippen LogP contribution in [0.4, 0.5) is 0 Å². The van der Waals surface area contributed by atoms with E-state index in [1.807, 2.05) is 24.5 Å². The van der Waals surface area contributed by atoms with Crippen molar-refractivity contribution in [3.05, 3.63) is 66.1 Å². The molecular weight excluding hydrogens is 398 g/mol. The molecule has 164 valence electrons. The molecule has 3 heterocycles. The van der Waals surface area contributed by atoms with Crippen LogP contribution in [0.2, 0.25) is 0 Å². The fourth-order valence-corrected chi connectivity index (χ4v) is 6.40. The summed E-state index contributed by atoms with van der Waals surface area (Å²) in [6.07, 6.45) is 7.64. The first-order valence-electron chi connectivity index (χ1n) is 11.8. The van der Waals surface area contributed by atoms with E-state index in [1.165, 1.54) is 11.3 Å². The third-order valence-corrected chi connectivity index (χ3v) is 8.12. The van der Waals surface area contributed by atoms with Gasteiger partial charge in [0.25, 0.3) is 0 Å². The van der Waals surface area contributed by atoms with E-state index in [-0.39, 0.29) is 5.41 Å². The van der Waals surface area contributed by atoms with E-state index in [1.54, 1.807) is 0 Å². The first-order valence-corrected chi connectivity index (χ1v) is 11.8. The fourth-order valence-electron chi connectivity index (χ4n) is 6.40. The van der Waals surface area contributed by atoms with Crippen LogP contribution in [-0.4, -0.2) is 34.0 Å². The standard InChI is InChI=1S/C27H29N3O2/c1-18-22-9-8-21-23(19-6-4-3-5-7-19)29-25(20-10-14-28-15-11-20)30-24(21)26(22,2)12-13-27(18)31-16-17-32-27/h3-7,10-11,14-15,18,22H,8-9,12-13,16-17H2,1-2H3/t18-,22-,26-/m1/s1. The Labute approximate surface area is 189 Å². The molecule has 1 spiro atoms. The largest absolute Gasteiger partial charge is 0.347 e. The Morgan fingerprint density at radius 2 is 1.66 bits per heavy atom. The minimum absolute atomic E-state index is 0.0260. The molecule has 6 rings (SSSR count). The highest BCUT2D eigenvalue weighted by atomic mass is 16.7. The predicted octanol–water partition coefficient (Wildman–Crippen LogP) is 5.20. The van der Waals surface area contributed by atoms with Gasteiger partial charge in [0.15, 0.2) is 11.6 Å². The van der Waals surface area contributed by atoms with Crippen molar-refractivity contribution in [1.29, 1.82) is 0 Å². The molecule has 1 aliphatic heterocycles. The summed E-state index contributed by atoms with van der Waals surface area (Å²) in [6.45, 7) is 6.14. The normalized spacial score (nSPS) is 28.3. The van der Waals surface area contributed by atoms with E-state index in [9.17, 15) is 0 Å². The molecule has 2 aliphatic carbocycles. The molecule has 1 saturated carbocycles. The number of rotatable bonds is 2. The molecule has 0 N–H and O–H groups in total. The van der Waals surface area contributed by atoms with Crippen LogP contribution in [0.3, 0.4) is 0 Å². The van der Waals surface area contributed by atoms with E-state index >= 15 is 0 Å². The van der Waals surface area contributed by atoms with E-state index in [4.69, 9.17) is 19.4 Å². The zero-order valence-electron chi connectivity index (χ0n) is 18.8. The third kappa shape index (κ3) is 2.95. The highest BCUT2D eigenvalue weighted by Gasteiger charge is 2.57. The fraction of sp³-hybridized carbons (Fsp3) is 0.444. The molecule has 3 aromatic rings. The van der Waals surface area contributed by atoms with Gasteiger partial charge >= 0.3 is 0 Å². The number of aromatic nitrogens is 3. The second kappa shape index (κ2) is 7.46. The summed E-state index contributed by atoms with van der Waals surface area (Å²) in [5.74, 6) is 1.17. The quantitative estimate of drug-likeness (QED) is 0.563. The maximum Gasteiger partial charge on any atom is 0.171 e. The van der Waals surface area contributed by atoms with Gasteiger partial charge < -0.3 is 9.47 Å². The average Bonchev–Trinajstić information content (AvgIpc) is 3.33. The molecule has 0 bridgehead atoms. The molecule has 32 heavy (non-hydrogen) atoms. The lowest BCUT2D eigenvalue weighted by Crippen LogP contribution is -2.55. The van der Waals surface area contributed by atoms with Gasteiger partial charge in [-0.1, -0.05) is 44.2 Å². The van der Waals surface area contributed by atoms with Gasteiger partial charge in [-0.15, -0.1) is 0 Å². The minimum atomic E-state index is -0.412. The van der Waals surface area contributed by atoms with Crippen LogP contribution in [-0.2, 0) is 21.3 Å². The molecule has 3 atom stereocenters. The molecule has 3 aliphatic rings. The zero-order chi connectivity index (χ0) is 21.8. The van der Waals surface area contributed by atoms with Crippen LogP contribution in [0, 0.1) is 11.8 Å². The number of hydrogen-bond acceptors (Lipinski definition) is 5. The number of nitrogens with zero attached hydrogens (tertiary/aromatic N) is 3. The van der Waals surface area contributed by atoms with Gasteiger partial charge in [0, 0.05) is 46.8 Å². The van der Waals surface area contributed by atoms with Gasteiger partial charge in [0.2, 0.25) is 0 Å². The van der Waals surface area contributed by atoms with E-state index in [0.717, 1.165) is 48.3 Å². The molecule has 5 heteroatoms. The van der Waals surface area contributed by atoms with E-state index in [0.29, 0.717) is 25.0 Å².